The number of hydrogen-bond donors (Lipinski definition) is 1. The molecule has 2 aromatic rings. The molecule has 5 heteroatoms. The Bertz CT molecular complexity index is 1210. The summed E-state index contributed by atoms with van der Waals surface area (Å²) in [5.41, 5.74) is 2.00. The van der Waals surface area contributed by atoms with Gasteiger partial charge >= 0.3 is 0 Å². The minimum absolute atomic E-state index is 0.169. The highest BCUT2D eigenvalue weighted by Gasteiger charge is 2.22. The van der Waals surface area contributed by atoms with Crippen molar-refractivity contribution < 1.29 is 17.8 Å². The first-order chi connectivity index (χ1) is 25.5. The van der Waals surface area contributed by atoms with E-state index in [-0.39, 0.29) is 4.90 Å². The van der Waals surface area contributed by atoms with Gasteiger partial charge in [-0.3, -0.25) is 4.55 Å². The molecular weight excluding hydrogens is 661 g/mol. The van der Waals surface area contributed by atoms with Crippen molar-refractivity contribution in [1.29, 1.82) is 0 Å². The highest BCUT2D eigenvalue weighted by atomic mass is 32.2. The Hall–Kier alpha value is -1.72. The summed E-state index contributed by atoms with van der Waals surface area (Å²) in [5, 5.41) is 1.58. The van der Waals surface area contributed by atoms with Gasteiger partial charge in [0.1, 0.15) is 11.7 Å². The van der Waals surface area contributed by atoms with Crippen molar-refractivity contribution in [3.8, 4) is 0 Å². The second kappa shape index (κ2) is 33.8. The zero-order chi connectivity index (χ0) is 38.0. The summed E-state index contributed by atoms with van der Waals surface area (Å²) in [5.74, 6) is 0. The van der Waals surface area contributed by atoms with Crippen LogP contribution in [0.1, 0.15) is 230 Å². The van der Waals surface area contributed by atoms with E-state index in [1.807, 2.05) is 31.1 Å². The van der Waals surface area contributed by atoms with Crippen LogP contribution >= 0.6 is 0 Å². The van der Waals surface area contributed by atoms with E-state index >= 15 is 0 Å². The summed E-state index contributed by atoms with van der Waals surface area (Å²) in [4.78, 5) is 8.17. The van der Waals surface area contributed by atoms with Gasteiger partial charge in [-0.05, 0) is 42.2 Å². The van der Waals surface area contributed by atoms with Gasteiger partial charge in [-0.15, -0.1) is 0 Å². The predicted molar refractivity (Wildman–Crippen MR) is 227 cm³/mol. The normalized spacial score (nSPS) is 11.6. The Morgan fingerprint density at radius 1 is 0.462 bits per heavy atom. The van der Waals surface area contributed by atoms with Crippen LogP contribution in [0.15, 0.2) is 35.2 Å². The maximum Gasteiger partial charge on any atom is 0.295 e. The number of hydrogen-bond acceptors (Lipinski definition) is 3. The average molecular weight is 743 g/mol. The number of carbonyl (C=O) groups is 1. The molecule has 0 heterocycles. The minimum atomic E-state index is -4.32. The Balaban J connectivity index is 0.00000664. The quantitative estimate of drug-likeness (QED) is 0.0564. The van der Waals surface area contributed by atoms with Crippen LogP contribution in [0.25, 0.3) is 10.8 Å². The molecule has 2 rings (SSSR count). The fourth-order valence-corrected chi connectivity index (χ4v) is 8.93. The van der Waals surface area contributed by atoms with Crippen molar-refractivity contribution in [1.82, 2.24) is 0 Å². The summed E-state index contributed by atoms with van der Waals surface area (Å²) in [6, 6.07) is 9.89. The second-order valence-corrected chi connectivity index (χ2v) is 17.0. The van der Waals surface area contributed by atoms with E-state index in [1.54, 1.807) is 0 Å². The van der Waals surface area contributed by atoms with Gasteiger partial charge in [0, 0.05) is 5.39 Å². The van der Waals surface area contributed by atoms with E-state index in [1.165, 1.54) is 186 Å². The predicted octanol–water partition coefficient (Wildman–Crippen LogP) is 15.5. The molecule has 0 fully saturated rings. The van der Waals surface area contributed by atoms with Gasteiger partial charge in [0.25, 0.3) is 10.1 Å². The lowest BCUT2D eigenvalue weighted by Gasteiger charge is -2.17. The molecule has 0 aliphatic carbocycles. The molecule has 0 spiro atoms. The summed E-state index contributed by atoms with van der Waals surface area (Å²) < 4.78 is 36.0. The molecule has 4 nitrogen and oxygen atoms in total. The molecule has 0 radical (unpaired) electrons. The first-order valence-corrected chi connectivity index (χ1v) is 23.7. The van der Waals surface area contributed by atoms with Crippen LogP contribution in [0.3, 0.4) is 0 Å². The molecule has 0 saturated heterocycles. The van der Waals surface area contributed by atoms with Crippen LogP contribution in [-0.4, -0.2) is 19.8 Å². The first-order valence-electron chi connectivity index (χ1n) is 22.3. The number of benzene rings is 2. The van der Waals surface area contributed by atoms with Gasteiger partial charge in [-0.1, -0.05) is 237 Å². The molecule has 0 aliphatic heterocycles. The van der Waals surface area contributed by atoms with Crippen molar-refractivity contribution in [2.75, 3.05) is 0 Å². The maximum atomic E-state index is 12.8. The Morgan fingerprint density at radius 2 is 0.769 bits per heavy atom. The van der Waals surface area contributed by atoms with Crippen molar-refractivity contribution in [2.45, 2.75) is 237 Å². The molecule has 0 atom stereocenters. The van der Waals surface area contributed by atoms with Gasteiger partial charge in [0.2, 0.25) is 0 Å². The SMILES string of the molecule is C=O.CCCCCCCCCCCCCCCCCCc1cc2ccccc2c(S(=O)(=O)O)c1CCCCCCCCCCCCCCCCCC. The molecule has 1 N–H and O–H groups in total. The molecule has 300 valence electrons. The van der Waals surface area contributed by atoms with Crippen LogP contribution < -0.4 is 0 Å². The van der Waals surface area contributed by atoms with Crippen LogP contribution in [0.4, 0.5) is 0 Å². The first kappa shape index (κ1) is 48.3. The third kappa shape index (κ3) is 23.8. The fraction of sp³-hybridized carbons (Fsp3) is 0.766. The van der Waals surface area contributed by atoms with E-state index in [2.05, 4.69) is 19.9 Å². The van der Waals surface area contributed by atoms with Crippen molar-refractivity contribution >= 4 is 27.7 Å². The van der Waals surface area contributed by atoms with E-state index in [0.717, 1.165) is 48.6 Å². The van der Waals surface area contributed by atoms with E-state index in [9.17, 15) is 13.0 Å². The zero-order valence-corrected chi connectivity index (χ0v) is 35.0. The molecule has 0 amide bonds. The highest BCUT2D eigenvalue weighted by Crippen LogP contribution is 2.32. The van der Waals surface area contributed by atoms with Crippen LogP contribution in [-0.2, 0) is 27.8 Å². The average Bonchev–Trinajstić information content (AvgIpc) is 3.14. The molecule has 0 aromatic heterocycles. The number of rotatable bonds is 35. The van der Waals surface area contributed by atoms with Crippen LogP contribution in [0.2, 0.25) is 0 Å². The topological polar surface area (TPSA) is 71.4 Å². The standard InChI is InChI=1S/C46H80O3S.CH2O/c1-3-5-7-9-11-13-15-17-19-21-23-25-27-29-31-33-37-42-41-43-38-35-36-40-45(43)46(50(47,48)49)44(42)39-34-32-30-28-26-24-22-20-18-16-14-12-10-8-6-4-2;1-2/h35-36,38,40-41H,3-34,37,39H2,1-2H3,(H,47,48,49);1H2. The Labute approximate surface area is 322 Å². The minimum Gasteiger partial charge on any atom is -0.307 e. The van der Waals surface area contributed by atoms with Gasteiger partial charge < -0.3 is 4.79 Å². The third-order valence-electron chi connectivity index (χ3n) is 11.0. The monoisotopic (exact) mass is 743 g/mol. The highest BCUT2D eigenvalue weighted by molar-refractivity contribution is 7.86. The largest absolute Gasteiger partial charge is 0.307 e. The zero-order valence-electron chi connectivity index (χ0n) is 34.2. The second-order valence-electron chi connectivity index (χ2n) is 15.6. The maximum absolute atomic E-state index is 12.8. The molecule has 0 saturated carbocycles. The summed E-state index contributed by atoms with van der Waals surface area (Å²) in [6.45, 7) is 6.57. The summed E-state index contributed by atoms with van der Waals surface area (Å²) in [7, 11) is -4.32. The van der Waals surface area contributed by atoms with Gasteiger partial charge in [0.05, 0.1) is 0 Å². The Morgan fingerprint density at radius 3 is 1.12 bits per heavy atom. The van der Waals surface area contributed by atoms with Gasteiger partial charge in [-0.2, -0.15) is 8.42 Å². The molecular formula is C47H82O4S. The lowest BCUT2D eigenvalue weighted by molar-refractivity contribution is -0.0980. The van der Waals surface area contributed by atoms with Crippen LogP contribution in [0, 0.1) is 0 Å². The number of carbonyl (C=O) groups excluding carboxylic acids is 1. The van der Waals surface area contributed by atoms with E-state index in [4.69, 9.17) is 4.79 Å². The van der Waals surface area contributed by atoms with Crippen molar-refractivity contribution in [3.63, 3.8) is 0 Å². The van der Waals surface area contributed by atoms with Gasteiger partial charge in [0.15, 0.2) is 0 Å². The van der Waals surface area contributed by atoms with E-state index in [0.29, 0.717) is 5.39 Å². The van der Waals surface area contributed by atoms with Crippen molar-refractivity contribution in [3.05, 3.63) is 41.5 Å². The number of fused-ring (bicyclic) bond motifs is 1. The molecule has 52 heavy (non-hydrogen) atoms. The lowest BCUT2D eigenvalue weighted by atomic mass is 9.93. The van der Waals surface area contributed by atoms with Crippen LogP contribution in [0.5, 0.6) is 0 Å². The lowest BCUT2D eigenvalue weighted by Crippen LogP contribution is -2.08. The van der Waals surface area contributed by atoms with Crippen molar-refractivity contribution in [2.24, 2.45) is 0 Å². The number of unbranched alkanes of at least 4 members (excludes halogenated alkanes) is 30. The van der Waals surface area contributed by atoms with Gasteiger partial charge in [-0.25, -0.2) is 0 Å². The summed E-state index contributed by atoms with van der Waals surface area (Å²) in [6.07, 6.45) is 44.4. The fourth-order valence-electron chi connectivity index (χ4n) is 7.92. The molecule has 0 bridgehead atoms. The molecule has 2 aromatic carbocycles. The number of aryl methyl sites for hydroxylation is 1. The molecule has 0 unspecified atom stereocenters. The Kier molecular flexibility index (Phi) is 31.4. The smallest absolute Gasteiger partial charge is 0.295 e. The molecule has 0 aliphatic rings. The summed E-state index contributed by atoms with van der Waals surface area (Å²) >= 11 is 0. The third-order valence-corrected chi connectivity index (χ3v) is 12.0. The van der Waals surface area contributed by atoms with E-state index < -0.39 is 10.1 Å².